The van der Waals surface area contributed by atoms with Crippen LogP contribution in [0.5, 0.6) is 0 Å². The van der Waals surface area contributed by atoms with E-state index in [0.717, 1.165) is 109 Å². The summed E-state index contributed by atoms with van der Waals surface area (Å²) in [6, 6.07) is 0. The van der Waals surface area contributed by atoms with Gasteiger partial charge in [-0.2, -0.15) is 0 Å². The molecule has 0 aliphatic rings. The van der Waals surface area contributed by atoms with E-state index in [-0.39, 0.29) is 37.5 Å². The summed E-state index contributed by atoms with van der Waals surface area (Å²) in [6.07, 6.45) is 78.1. The summed E-state index contributed by atoms with van der Waals surface area (Å²) in [5, 5.41) is 0. The van der Waals surface area contributed by atoms with Crippen LogP contribution >= 0.6 is 0 Å². The molecule has 1 atom stereocenters. The monoisotopic (exact) mass is 971 g/mol. The minimum atomic E-state index is -0.804. The number of hydrogen-bond donors (Lipinski definition) is 0. The van der Waals surface area contributed by atoms with E-state index in [1.54, 1.807) is 0 Å². The van der Waals surface area contributed by atoms with E-state index in [4.69, 9.17) is 14.2 Å². The second-order valence-electron chi connectivity index (χ2n) is 18.8. The summed E-state index contributed by atoms with van der Waals surface area (Å²) in [7, 11) is 0. The number of allylic oxidation sites excluding steroid dienone is 18. The highest BCUT2D eigenvalue weighted by Crippen LogP contribution is 2.14. The van der Waals surface area contributed by atoms with Crippen LogP contribution in [0.25, 0.3) is 0 Å². The predicted molar refractivity (Wildman–Crippen MR) is 302 cm³/mol. The highest BCUT2D eigenvalue weighted by Gasteiger charge is 2.19. The molecule has 0 aliphatic heterocycles. The van der Waals surface area contributed by atoms with Crippen LogP contribution in [0.15, 0.2) is 109 Å². The van der Waals surface area contributed by atoms with E-state index in [1.165, 1.54) is 103 Å². The molecular weight excluding hydrogens is 865 g/mol. The van der Waals surface area contributed by atoms with Crippen LogP contribution in [0.1, 0.15) is 258 Å². The molecule has 0 saturated carbocycles. The molecule has 0 aromatic carbocycles. The summed E-state index contributed by atoms with van der Waals surface area (Å²) < 4.78 is 16.8. The molecule has 0 saturated heterocycles. The van der Waals surface area contributed by atoms with Gasteiger partial charge in [0.25, 0.3) is 0 Å². The van der Waals surface area contributed by atoms with Crippen LogP contribution in [-0.4, -0.2) is 37.2 Å². The van der Waals surface area contributed by atoms with Gasteiger partial charge in [0.15, 0.2) is 6.10 Å². The third-order valence-corrected chi connectivity index (χ3v) is 12.0. The third kappa shape index (κ3) is 55.0. The molecule has 0 aliphatic carbocycles. The summed E-state index contributed by atoms with van der Waals surface area (Å²) in [5.41, 5.74) is 0. The number of esters is 3. The summed E-state index contributed by atoms with van der Waals surface area (Å²) >= 11 is 0. The van der Waals surface area contributed by atoms with E-state index in [9.17, 15) is 14.4 Å². The molecule has 1 unspecified atom stereocenters. The predicted octanol–water partition coefficient (Wildman–Crippen LogP) is 19.5. The molecule has 398 valence electrons. The molecule has 0 aromatic rings. The second-order valence-corrected chi connectivity index (χ2v) is 18.8. The Morgan fingerprint density at radius 1 is 0.300 bits per heavy atom. The number of ether oxygens (including phenoxy) is 3. The van der Waals surface area contributed by atoms with Gasteiger partial charge in [-0.3, -0.25) is 14.4 Å². The van der Waals surface area contributed by atoms with Gasteiger partial charge in [-0.15, -0.1) is 0 Å². The zero-order valence-corrected chi connectivity index (χ0v) is 45.5. The molecule has 0 bridgehead atoms. The lowest BCUT2D eigenvalue weighted by atomic mass is 10.1. The Morgan fingerprint density at radius 3 is 0.900 bits per heavy atom. The van der Waals surface area contributed by atoms with Crippen LogP contribution in [0, 0.1) is 0 Å². The van der Waals surface area contributed by atoms with Crippen LogP contribution in [-0.2, 0) is 28.6 Å². The second kappa shape index (κ2) is 57.6. The van der Waals surface area contributed by atoms with Crippen molar-refractivity contribution >= 4 is 17.9 Å². The molecule has 6 heteroatoms. The van der Waals surface area contributed by atoms with Gasteiger partial charge < -0.3 is 14.2 Å². The number of hydrogen-bond acceptors (Lipinski definition) is 6. The van der Waals surface area contributed by atoms with Gasteiger partial charge in [0.1, 0.15) is 13.2 Å². The summed E-state index contributed by atoms with van der Waals surface area (Å²) in [6.45, 7) is 6.44. The SMILES string of the molecule is CC/C=C\C/C=C\C/C=C\C/C=C\C/C=C\C/C=C\CCCCC(=O)OC(COC(=O)CCCCCCCCCC)COC(=O)CCCCCCCCCC/C=C\C/C=C\C/C=C\CCCCCCC. The molecule has 0 fully saturated rings. The maximum atomic E-state index is 12.8. The van der Waals surface area contributed by atoms with Crippen molar-refractivity contribution < 1.29 is 28.6 Å². The van der Waals surface area contributed by atoms with Gasteiger partial charge in [0.2, 0.25) is 0 Å². The Balaban J connectivity index is 4.35. The maximum absolute atomic E-state index is 12.8. The fraction of sp³-hybridized carbons (Fsp3) is 0.672. The normalized spacial score (nSPS) is 12.9. The zero-order chi connectivity index (χ0) is 50.7. The highest BCUT2D eigenvalue weighted by atomic mass is 16.6. The molecular formula is C64H106O6. The van der Waals surface area contributed by atoms with Crippen molar-refractivity contribution in [3.8, 4) is 0 Å². The van der Waals surface area contributed by atoms with Crippen LogP contribution in [0.2, 0.25) is 0 Å². The first-order valence-electron chi connectivity index (χ1n) is 28.9. The quantitative estimate of drug-likeness (QED) is 0.0262. The molecule has 0 radical (unpaired) electrons. The Kier molecular flexibility index (Phi) is 54.4. The van der Waals surface area contributed by atoms with Gasteiger partial charge in [-0.1, -0.05) is 239 Å². The van der Waals surface area contributed by atoms with Crippen LogP contribution in [0.4, 0.5) is 0 Å². The molecule has 0 aromatic heterocycles. The molecule has 0 heterocycles. The van der Waals surface area contributed by atoms with Crippen molar-refractivity contribution in [2.24, 2.45) is 0 Å². The molecule has 0 amide bonds. The van der Waals surface area contributed by atoms with Gasteiger partial charge >= 0.3 is 17.9 Å². The van der Waals surface area contributed by atoms with Crippen molar-refractivity contribution in [2.75, 3.05) is 13.2 Å². The average molecular weight is 972 g/mol. The van der Waals surface area contributed by atoms with Crippen LogP contribution < -0.4 is 0 Å². The van der Waals surface area contributed by atoms with Crippen molar-refractivity contribution in [1.29, 1.82) is 0 Å². The van der Waals surface area contributed by atoms with Crippen molar-refractivity contribution in [3.63, 3.8) is 0 Å². The topological polar surface area (TPSA) is 78.9 Å². The fourth-order valence-electron chi connectivity index (χ4n) is 7.69. The lowest BCUT2D eigenvalue weighted by Gasteiger charge is -2.18. The van der Waals surface area contributed by atoms with E-state index < -0.39 is 6.10 Å². The number of rotatable bonds is 51. The number of unbranched alkanes of at least 4 members (excludes halogenated alkanes) is 22. The summed E-state index contributed by atoms with van der Waals surface area (Å²) in [4.78, 5) is 38.0. The lowest BCUT2D eigenvalue weighted by molar-refractivity contribution is -0.167. The van der Waals surface area contributed by atoms with Crippen molar-refractivity contribution in [3.05, 3.63) is 109 Å². The fourth-order valence-corrected chi connectivity index (χ4v) is 7.69. The van der Waals surface area contributed by atoms with E-state index in [1.807, 2.05) is 0 Å². The molecule has 0 N–H and O–H groups in total. The Labute approximate surface area is 431 Å². The first-order chi connectivity index (χ1) is 34.5. The van der Waals surface area contributed by atoms with E-state index >= 15 is 0 Å². The minimum absolute atomic E-state index is 0.0987. The standard InChI is InChI=1S/C64H106O6/c1-4-7-10-13-16-19-21-23-25-27-29-31-32-34-35-37-39-41-43-45-48-51-54-57-63(66)69-60-61(59-68-62(65)56-53-50-47-18-15-12-9-6-3)70-64(67)58-55-52-49-46-44-42-40-38-36-33-30-28-26-24-22-20-17-14-11-8-5-2/h8,11,17,20-21,23-24,26-27,29-30,32-34,38,40,44,46,61H,4-7,9-10,12-16,18-19,22,25,28,31,35-37,39,41-43,45,47-60H2,1-3H3/b11-8-,20-17-,23-21-,26-24-,29-27-,33-30-,34-32-,40-38-,46-44-. The Morgan fingerprint density at radius 2 is 0.557 bits per heavy atom. The van der Waals surface area contributed by atoms with E-state index in [0.29, 0.717) is 19.3 Å². The minimum Gasteiger partial charge on any atom is -0.462 e. The Bertz CT molecular complexity index is 1440. The van der Waals surface area contributed by atoms with Gasteiger partial charge in [-0.05, 0) is 109 Å². The number of carbonyl (C=O) groups excluding carboxylic acids is 3. The first-order valence-corrected chi connectivity index (χ1v) is 28.9. The summed E-state index contributed by atoms with van der Waals surface area (Å²) in [5.74, 6) is -0.955. The van der Waals surface area contributed by atoms with E-state index in [2.05, 4.69) is 130 Å². The lowest BCUT2D eigenvalue weighted by Crippen LogP contribution is -2.30. The molecule has 70 heavy (non-hydrogen) atoms. The van der Waals surface area contributed by atoms with Gasteiger partial charge in [0, 0.05) is 19.3 Å². The van der Waals surface area contributed by atoms with Crippen molar-refractivity contribution in [2.45, 2.75) is 264 Å². The van der Waals surface area contributed by atoms with Crippen LogP contribution in [0.3, 0.4) is 0 Å². The molecule has 6 nitrogen and oxygen atoms in total. The van der Waals surface area contributed by atoms with Crippen molar-refractivity contribution in [1.82, 2.24) is 0 Å². The number of carbonyl (C=O) groups is 3. The average Bonchev–Trinajstić information content (AvgIpc) is 3.36. The third-order valence-electron chi connectivity index (χ3n) is 12.0. The molecule has 0 spiro atoms. The van der Waals surface area contributed by atoms with Gasteiger partial charge in [0.05, 0.1) is 0 Å². The largest absolute Gasteiger partial charge is 0.462 e. The van der Waals surface area contributed by atoms with Gasteiger partial charge in [-0.25, -0.2) is 0 Å². The Hall–Kier alpha value is -3.93. The zero-order valence-electron chi connectivity index (χ0n) is 45.5. The highest BCUT2D eigenvalue weighted by molar-refractivity contribution is 5.71. The smallest absolute Gasteiger partial charge is 0.306 e. The first kappa shape index (κ1) is 66.1. The maximum Gasteiger partial charge on any atom is 0.306 e. The molecule has 0 rings (SSSR count).